The average molecular weight is 348 g/mol. The van der Waals surface area contributed by atoms with Crippen LogP contribution in [0.4, 0.5) is 9.52 Å². The molecule has 0 radical (unpaired) electrons. The molecule has 0 aliphatic carbocycles. The van der Waals surface area contributed by atoms with Crippen LogP contribution in [0.5, 0.6) is 0 Å². The lowest BCUT2D eigenvalue weighted by Gasteiger charge is -2.09. The van der Waals surface area contributed by atoms with Crippen molar-refractivity contribution in [2.75, 3.05) is 11.3 Å². The topological polar surface area (TPSA) is 71.1 Å². The molecule has 1 aromatic carbocycles. The summed E-state index contributed by atoms with van der Waals surface area (Å²) in [7, 11) is -3.96. The maximum atomic E-state index is 13.2. The molecule has 21 heavy (non-hydrogen) atoms. The van der Waals surface area contributed by atoms with Crippen molar-refractivity contribution in [2.45, 2.75) is 17.9 Å². The molecule has 0 fully saturated rings. The highest BCUT2D eigenvalue weighted by Crippen LogP contribution is 2.29. The van der Waals surface area contributed by atoms with E-state index in [4.69, 9.17) is 11.6 Å². The van der Waals surface area contributed by atoms with Gasteiger partial charge < -0.3 is 5.32 Å². The first kappa shape index (κ1) is 14.7. The van der Waals surface area contributed by atoms with Gasteiger partial charge in [-0.15, -0.1) is 0 Å². The average Bonchev–Trinajstić information content (AvgIpc) is 2.82. The summed E-state index contributed by atoms with van der Waals surface area (Å²) in [5.74, 6) is -0.664. The molecule has 9 heteroatoms. The van der Waals surface area contributed by atoms with Crippen molar-refractivity contribution < 1.29 is 12.8 Å². The number of hydrogen-bond donors (Lipinski definition) is 2. The Kier molecular flexibility index (Phi) is 3.87. The maximum Gasteiger partial charge on any atom is 0.265 e. The Labute approximate surface area is 130 Å². The Balaban J connectivity index is 1.92. The van der Waals surface area contributed by atoms with Gasteiger partial charge in [0.15, 0.2) is 5.13 Å². The Morgan fingerprint density at radius 2 is 2.24 bits per heavy atom. The van der Waals surface area contributed by atoms with E-state index in [9.17, 15) is 12.8 Å². The second kappa shape index (κ2) is 5.53. The highest BCUT2D eigenvalue weighted by atomic mass is 35.5. The molecule has 0 amide bonds. The zero-order valence-corrected chi connectivity index (χ0v) is 13.1. The number of fused-ring (bicyclic) bond motifs is 1. The predicted molar refractivity (Wildman–Crippen MR) is 79.7 cm³/mol. The van der Waals surface area contributed by atoms with Crippen LogP contribution in [0.1, 0.15) is 10.6 Å². The summed E-state index contributed by atoms with van der Waals surface area (Å²) in [4.78, 5) is 4.97. The van der Waals surface area contributed by atoms with E-state index < -0.39 is 15.8 Å². The first-order chi connectivity index (χ1) is 9.95. The van der Waals surface area contributed by atoms with Gasteiger partial charge in [-0.3, -0.25) is 4.72 Å². The van der Waals surface area contributed by atoms with Crippen molar-refractivity contribution in [3.63, 3.8) is 0 Å². The van der Waals surface area contributed by atoms with Gasteiger partial charge in [-0.1, -0.05) is 22.9 Å². The molecule has 0 saturated heterocycles. The van der Waals surface area contributed by atoms with Gasteiger partial charge in [0.2, 0.25) is 0 Å². The van der Waals surface area contributed by atoms with Gasteiger partial charge in [-0.05, 0) is 18.2 Å². The highest BCUT2D eigenvalue weighted by Gasteiger charge is 2.22. The van der Waals surface area contributed by atoms with E-state index in [1.54, 1.807) is 0 Å². The summed E-state index contributed by atoms with van der Waals surface area (Å²) in [6.07, 6.45) is 0.758. The molecule has 2 heterocycles. The second-order valence-corrected chi connectivity index (χ2v) is 7.64. The molecule has 0 saturated carbocycles. The lowest BCUT2D eigenvalue weighted by Crippen LogP contribution is -2.22. The number of halogens is 2. The van der Waals surface area contributed by atoms with Gasteiger partial charge in [0.1, 0.15) is 10.7 Å². The van der Waals surface area contributed by atoms with Crippen LogP contribution in [0.3, 0.4) is 0 Å². The van der Waals surface area contributed by atoms with Crippen LogP contribution < -0.4 is 10.0 Å². The van der Waals surface area contributed by atoms with Crippen LogP contribution in [0.25, 0.3) is 0 Å². The molecule has 3 rings (SSSR count). The molecule has 2 N–H and O–H groups in total. The fourth-order valence-corrected chi connectivity index (χ4v) is 4.75. The van der Waals surface area contributed by atoms with Crippen LogP contribution >= 0.6 is 22.9 Å². The quantitative estimate of drug-likeness (QED) is 0.894. The summed E-state index contributed by atoms with van der Waals surface area (Å²) in [6, 6.07) is 3.21. The highest BCUT2D eigenvalue weighted by molar-refractivity contribution is 7.93. The summed E-state index contributed by atoms with van der Waals surface area (Å²) in [5.41, 5.74) is 0.891. The first-order valence-electron chi connectivity index (χ1n) is 6.13. The SMILES string of the molecule is O=S(=O)(Nc1nc2c(s1)CNCC2)c1cc(F)ccc1Cl. The van der Waals surface area contributed by atoms with E-state index in [1.807, 2.05) is 0 Å². The van der Waals surface area contributed by atoms with Gasteiger partial charge in [0, 0.05) is 24.4 Å². The fourth-order valence-electron chi connectivity index (χ4n) is 2.02. The first-order valence-corrected chi connectivity index (χ1v) is 8.80. The minimum absolute atomic E-state index is 0.0353. The van der Waals surface area contributed by atoms with Crippen LogP contribution in [-0.4, -0.2) is 19.9 Å². The van der Waals surface area contributed by atoms with Crippen molar-refractivity contribution in [3.8, 4) is 0 Å². The third kappa shape index (κ3) is 3.03. The number of hydrogen-bond acceptors (Lipinski definition) is 5. The Hall–Kier alpha value is -1.22. The third-order valence-corrected chi connectivity index (χ3v) is 5.97. The molecule has 0 atom stereocenters. The summed E-state index contributed by atoms with van der Waals surface area (Å²) in [6.45, 7) is 1.49. The van der Waals surface area contributed by atoms with Gasteiger partial charge in [-0.25, -0.2) is 17.8 Å². The number of anilines is 1. The van der Waals surface area contributed by atoms with E-state index in [2.05, 4.69) is 15.0 Å². The minimum atomic E-state index is -3.96. The zero-order valence-electron chi connectivity index (χ0n) is 10.7. The lowest BCUT2D eigenvalue weighted by molar-refractivity contribution is 0.595. The van der Waals surface area contributed by atoms with E-state index in [-0.39, 0.29) is 15.0 Å². The second-order valence-electron chi connectivity index (χ2n) is 4.50. The van der Waals surface area contributed by atoms with Crippen LogP contribution in [0.15, 0.2) is 23.1 Å². The fraction of sp³-hybridized carbons (Fsp3) is 0.250. The van der Waals surface area contributed by atoms with Crippen molar-refractivity contribution >= 4 is 38.1 Å². The molecular formula is C12H11ClFN3O2S2. The summed E-state index contributed by atoms with van der Waals surface area (Å²) >= 11 is 7.10. The molecule has 2 aromatic rings. The van der Waals surface area contributed by atoms with Gasteiger partial charge in [0.25, 0.3) is 10.0 Å². The summed E-state index contributed by atoms with van der Waals surface area (Å²) in [5, 5.41) is 3.42. The molecule has 1 aliphatic rings. The van der Waals surface area contributed by atoms with Crippen LogP contribution in [0, 0.1) is 5.82 Å². The van der Waals surface area contributed by atoms with Crippen LogP contribution in [-0.2, 0) is 23.0 Å². The van der Waals surface area contributed by atoms with E-state index in [0.717, 1.165) is 35.7 Å². The molecule has 0 bridgehead atoms. The minimum Gasteiger partial charge on any atom is -0.311 e. The lowest BCUT2D eigenvalue weighted by atomic mass is 10.2. The Morgan fingerprint density at radius 3 is 3.00 bits per heavy atom. The normalized spacial score (nSPS) is 14.8. The Morgan fingerprint density at radius 1 is 1.43 bits per heavy atom. The molecular weight excluding hydrogens is 337 g/mol. The summed E-state index contributed by atoms with van der Waals surface area (Å²) < 4.78 is 40.1. The predicted octanol–water partition coefficient (Wildman–Crippen LogP) is 2.38. The van der Waals surface area contributed by atoms with Crippen molar-refractivity contribution in [2.24, 2.45) is 0 Å². The molecule has 5 nitrogen and oxygen atoms in total. The number of rotatable bonds is 3. The van der Waals surface area contributed by atoms with Crippen molar-refractivity contribution in [3.05, 3.63) is 39.6 Å². The Bertz CT molecular complexity index is 768. The molecule has 112 valence electrons. The van der Waals surface area contributed by atoms with Gasteiger partial charge in [0.05, 0.1) is 10.7 Å². The number of nitrogens with zero attached hydrogens (tertiary/aromatic N) is 1. The largest absolute Gasteiger partial charge is 0.311 e. The smallest absolute Gasteiger partial charge is 0.265 e. The van der Waals surface area contributed by atoms with E-state index in [1.165, 1.54) is 17.4 Å². The molecule has 0 spiro atoms. The monoisotopic (exact) mass is 347 g/mol. The standard InChI is InChI=1S/C12H11ClFN3O2S2/c13-8-2-1-7(14)5-11(8)21(18,19)17-12-16-9-3-4-15-6-10(9)20-12/h1-2,5,15H,3-4,6H2,(H,16,17). The molecule has 1 aromatic heterocycles. The van der Waals surface area contributed by atoms with E-state index >= 15 is 0 Å². The third-order valence-electron chi connectivity index (χ3n) is 3.01. The van der Waals surface area contributed by atoms with Crippen molar-refractivity contribution in [1.82, 2.24) is 10.3 Å². The number of sulfonamides is 1. The number of nitrogens with one attached hydrogen (secondary N) is 2. The van der Waals surface area contributed by atoms with Crippen LogP contribution in [0.2, 0.25) is 5.02 Å². The van der Waals surface area contributed by atoms with E-state index in [0.29, 0.717) is 6.54 Å². The van der Waals surface area contributed by atoms with Gasteiger partial charge in [-0.2, -0.15) is 0 Å². The molecule has 1 aliphatic heterocycles. The number of thiazole rings is 1. The van der Waals surface area contributed by atoms with Gasteiger partial charge >= 0.3 is 0 Å². The maximum absolute atomic E-state index is 13.2. The molecule has 0 unspecified atom stereocenters. The zero-order chi connectivity index (χ0) is 15.0. The number of benzene rings is 1. The number of aromatic nitrogens is 1. The van der Waals surface area contributed by atoms with Crippen molar-refractivity contribution in [1.29, 1.82) is 0 Å².